The van der Waals surface area contributed by atoms with Gasteiger partial charge in [0.05, 0.1) is 0 Å². The number of piperazine rings is 1. The molecule has 148 valence electrons. The first-order valence-corrected chi connectivity index (χ1v) is 10.2. The second-order valence-corrected chi connectivity index (χ2v) is 9.07. The van der Waals surface area contributed by atoms with Crippen LogP contribution in [-0.4, -0.2) is 65.3 Å². The quantitative estimate of drug-likeness (QED) is 0.795. The lowest BCUT2D eigenvalue weighted by Gasteiger charge is -2.38. The number of halogens is 1. The van der Waals surface area contributed by atoms with Gasteiger partial charge in [-0.15, -0.1) is 0 Å². The van der Waals surface area contributed by atoms with Gasteiger partial charge in [-0.05, 0) is 30.5 Å². The first-order valence-electron chi connectivity index (χ1n) is 9.82. The van der Waals surface area contributed by atoms with E-state index in [9.17, 15) is 9.59 Å². The van der Waals surface area contributed by atoms with Gasteiger partial charge in [0.25, 0.3) is 0 Å². The van der Waals surface area contributed by atoms with Crippen LogP contribution in [0, 0.1) is 5.41 Å². The number of hydrogen-bond acceptors (Lipinski definition) is 3. The lowest BCUT2D eigenvalue weighted by molar-refractivity contribution is -0.149. The molecular weight excluding hydrogens is 362 g/mol. The molecule has 2 heterocycles. The Labute approximate surface area is 167 Å². The molecule has 5 nitrogen and oxygen atoms in total. The Morgan fingerprint density at radius 3 is 2.44 bits per heavy atom. The minimum absolute atomic E-state index is 0.0814. The number of benzene rings is 1. The van der Waals surface area contributed by atoms with E-state index in [0.29, 0.717) is 19.6 Å². The molecule has 2 aliphatic rings. The molecule has 0 N–H and O–H groups in total. The predicted molar refractivity (Wildman–Crippen MR) is 107 cm³/mol. The molecule has 2 amide bonds. The molecule has 2 fully saturated rings. The van der Waals surface area contributed by atoms with E-state index in [4.69, 9.17) is 11.6 Å². The van der Waals surface area contributed by atoms with Gasteiger partial charge >= 0.3 is 0 Å². The summed E-state index contributed by atoms with van der Waals surface area (Å²) in [5, 5.41) is 0.756. The summed E-state index contributed by atoms with van der Waals surface area (Å²) in [7, 11) is 0. The van der Waals surface area contributed by atoms with Crippen LogP contribution in [-0.2, 0) is 16.1 Å². The van der Waals surface area contributed by atoms with Crippen molar-refractivity contribution in [3.63, 3.8) is 0 Å². The second kappa shape index (κ2) is 8.19. The Balaban J connectivity index is 1.56. The monoisotopic (exact) mass is 391 g/mol. The fourth-order valence-electron chi connectivity index (χ4n) is 3.93. The molecule has 1 atom stereocenters. The smallest absolute Gasteiger partial charge is 0.245 e. The Morgan fingerprint density at radius 1 is 1.11 bits per heavy atom. The number of hydrogen-bond donors (Lipinski definition) is 0. The number of rotatable bonds is 3. The standard InChI is InChI=1S/C21H30ClN3O2/c1-21(2,3)20(27)25-9-5-8-18(25)19(26)24-12-10-23(11-13-24)15-16-6-4-7-17(22)14-16/h4,6-7,14,18H,5,8-13,15H2,1-3H3. The van der Waals surface area contributed by atoms with E-state index in [1.165, 1.54) is 5.56 Å². The molecule has 0 aliphatic carbocycles. The van der Waals surface area contributed by atoms with Crippen molar-refractivity contribution in [1.82, 2.24) is 14.7 Å². The van der Waals surface area contributed by atoms with Gasteiger partial charge in [-0.25, -0.2) is 0 Å². The summed E-state index contributed by atoms with van der Waals surface area (Å²) in [6.45, 7) is 10.4. The molecule has 2 saturated heterocycles. The lowest BCUT2D eigenvalue weighted by atomic mass is 9.94. The first-order chi connectivity index (χ1) is 12.8. The van der Waals surface area contributed by atoms with Crippen molar-refractivity contribution in [2.75, 3.05) is 32.7 Å². The first kappa shape index (κ1) is 20.2. The Bertz CT molecular complexity index is 693. The van der Waals surface area contributed by atoms with Gasteiger partial charge in [-0.2, -0.15) is 0 Å². The average Bonchev–Trinajstić information content (AvgIpc) is 3.10. The summed E-state index contributed by atoms with van der Waals surface area (Å²) in [5.41, 5.74) is 0.749. The molecule has 0 aromatic heterocycles. The maximum Gasteiger partial charge on any atom is 0.245 e. The minimum atomic E-state index is -0.446. The highest BCUT2D eigenvalue weighted by atomic mass is 35.5. The van der Waals surface area contributed by atoms with Crippen LogP contribution >= 0.6 is 11.6 Å². The van der Waals surface area contributed by atoms with Gasteiger partial charge in [-0.3, -0.25) is 14.5 Å². The van der Waals surface area contributed by atoms with Crippen LogP contribution in [0.5, 0.6) is 0 Å². The van der Waals surface area contributed by atoms with Crippen LogP contribution in [0.25, 0.3) is 0 Å². The summed E-state index contributed by atoms with van der Waals surface area (Å²) >= 11 is 6.07. The van der Waals surface area contributed by atoms with E-state index < -0.39 is 5.41 Å². The van der Waals surface area contributed by atoms with Gasteiger partial charge in [-0.1, -0.05) is 44.5 Å². The van der Waals surface area contributed by atoms with Crippen LogP contribution in [0.4, 0.5) is 0 Å². The van der Waals surface area contributed by atoms with Crippen molar-refractivity contribution in [1.29, 1.82) is 0 Å². The third kappa shape index (κ3) is 4.82. The van der Waals surface area contributed by atoms with E-state index in [2.05, 4.69) is 11.0 Å². The van der Waals surface area contributed by atoms with Crippen molar-refractivity contribution in [3.8, 4) is 0 Å². The van der Waals surface area contributed by atoms with E-state index in [-0.39, 0.29) is 17.9 Å². The van der Waals surface area contributed by atoms with E-state index in [1.54, 1.807) is 4.90 Å². The summed E-state index contributed by atoms with van der Waals surface area (Å²) in [5.74, 6) is 0.199. The fourth-order valence-corrected chi connectivity index (χ4v) is 4.14. The van der Waals surface area contributed by atoms with Gasteiger partial charge in [0, 0.05) is 49.7 Å². The molecule has 0 saturated carbocycles. The molecule has 27 heavy (non-hydrogen) atoms. The lowest BCUT2D eigenvalue weighted by Crippen LogP contribution is -2.55. The highest BCUT2D eigenvalue weighted by Gasteiger charge is 2.40. The van der Waals surface area contributed by atoms with Gasteiger partial charge in [0.1, 0.15) is 6.04 Å². The number of carbonyl (C=O) groups is 2. The molecule has 0 spiro atoms. The molecule has 1 aromatic rings. The maximum absolute atomic E-state index is 13.0. The van der Waals surface area contributed by atoms with E-state index >= 15 is 0 Å². The van der Waals surface area contributed by atoms with Crippen LogP contribution in [0.15, 0.2) is 24.3 Å². The summed E-state index contributed by atoms with van der Waals surface area (Å²) < 4.78 is 0. The van der Waals surface area contributed by atoms with Crippen molar-refractivity contribution in [2.24, 2.45) is 5.41 Å². The van der Waals surface area contributed by atoms with Crippen molar-refractivity contribution < 1.29 is 9.59 Å². The average molecular weight is 392 g/mol. The number of likely N-dealkylation sites (tertiary alicyclic amines) is 1. The normalized spacial score (nSPS) is 21.6. The Hall–Kier alpha value is -1.59. The third-order valence-corrected chi connectivity index (χ3v) is 5.65. The largest absolute Gasteiger partial charge is 0.338 e. The van der Waals surface area contributed by atoms with Crippen LogP contribution < -0.4 is 0 Å². The molecule has 1 unspecified atom stereocenters. The number of amides is 2. The highest BCUT2D eigenvalue weighted by Crippen LogP contribution is 2.27. The van der Waals surface area contributed by atoms with E-state index in [1.807, 2.05) is 43.9 Å². The van der Waals surface area contributed by atoms with E-state index in [0.717, 1.165) is 37.5 Å². The van der Waals surface area contributed by atoms with Gasteiger partial charge in [0.15, 0.2) is 0 Å². The van der Waals surface area contributed by atoms with Crippen LogP contribution in [0.3, 0.4) is 0 Å². The maximum atomic E-state index is 13.0. The zero-order valence-corrected chi connectivity index (χ0v) is 17.3. The zero-order valence-electron chi connectivity index (χ0n) is 16.6. The Morgan fingerprint density at radius 2 is 1.81 bits per heavy atom. The zero-order chi connectivity index (χ0) is 19.6. The van der Waals surface area contributed by atoms with Crippen LogP contribution in [0.2, 0.25) is 5.02 Å². The number of carbonyl (C=O) groups excluding carboxylic acids is 2. The Kier molecular flexibility index (Phi) is 6.11. The summed E-state index contributed by atoms with van der Waals surface area (Å²) in [6, 6.07) is 7.65. The van der Waals surface area contributed by atoms with Crippen molar-refractivity contribution >= 4 is 23.4 Å². The van der Waals surface area contributed by atoms with Gasteiger partial charge < -0.3 is 9.80 Å². The predicted octanol–water partition coefficient (Wildman–Crippen LogP) is 3.02. The van der Waals surface area contributed by atoms with Crippen molar-refractivity contribution in [2.45, 2.75) is 46.2 Å². The minimum Gasteiger partial charge on any atom is -0.338 e. The topological polar surface area (TPSA) is 43.9 Å². The molecule has 2 aliphatic heterocycles. The SMILES string of the molecule is CC(C)(C)C(=O)N1CCCC1C(=O)N1CCN(Cc2cccc(Cl)c2)CC1. The van der Waals surface area contributed by atoms with Crippen LogP contribution in [0.1, 0.15) is 39.2 Å². The summed E-state index contributed by atoms with van der Waals surface area (Å²) in [6.07, 6.45) is 1.69. The molecule has 0 bridgehead atoms. The van der Waals surface area contributed by atoms with Crippen molar-refractivity contribution in [3.05, 3.63) is 34.9 Å². The molecule has 0 radical (unpaired) electrons. The molecular formula is C21H30ClN3O2. The summed E-state index contributed by atoms with van der Waals surface area (Å²) in [4.78, 5) is 31.8. The molecule has 3 rings (SSSR count). The van der Waals surface area contributed by atoms with Gasteiger partial charge in [0.2, 0.25) is 11.8 Å². The molecule has 6 heteroatoms. The fraction of sp³-hybridized carbons (Fsp3) is 0.619. The third-order valence-electron chi connectivity index (χ3n) is 5.42. The number of nitrogens with zero attached hydrogens (tertiary/aromatic N) is 3. The molecule has 1 aromatic carbocycles. The highest BCUT2D eigenvalue weighted by molar-refractivity contribution is 6.30. The second-order valence-electron chi connectivity index (χ2n) is 8.64.